The summed E-state index contributed by atoms with van der Waals surface area (Å²) < 4.78 is 0. The number of aromatic nitrogens is 1. The molecule has 2 nitrogen and oxygen atoms in total. The van der Waals surface area contributed by atoms with E-state index in [9.17, 15) is 0 Å². The quantitative estimate of drug-likeness (QED) is 0.550. The van der Waals surface area contributed by atoms with Gasteiger partial charge in [-0.3, -0.25) is 0 Å². The Balaban J connectivity index is 1.68. The maximum atomic E-state index is 5.89. The summed E-state index contributed by atoms with van der Waals surface area (Å²) >= 11 is 7.41. The van der Waals surface area contributed by atoms with E-state index < -0.39 is 0 Å². The van der Waals surface area contributed by atoms with Gasteiger partial charge in [-0.15, -0.1) is 11.3 Å². The van der Waals surface area contributed by atoms with Gasteiger partial charge in [0.2, 0.25) is 5.13 Å². The lowest BCUT2D eigenvalue weighted by Crippen LogP contribution is -1.76. The molecule has 1 aromatic heterocycles. The van der Waals surface area contributed by atoms with Crippen molar-refractivity contribution < 1.29 is 0 Å². The van der Waals surface area contributed by atoms with Crippen LogP contribution in [0.5, 0.6) is 0 Å². The second-order valence-electron chi connectivity index (χ2n) is 4.57. The molecule has 0 aliphatic carbocycles. The van der Waals surface area contributed by atoms with Crippen molar-refractivity contribution in [1.29, 1.82) is 0 Å². The molecule has 0 saturated heterocycles. The van der Waals surface area contributed by atoms with Gasteiger partial charge in [-0.25, -0.2) is 9.98 Å². The molecule has 0 amide bonds. The molecule has 0 unspecified atom stereocenters. The fourth-order valence-corrected chi connectivity index (χ4v) is 2.71. The van der Waals surface area contributed by atoms with Crippen molar-refractivity contribution in [2.24, 2.45) is 4.99 Å². The van der Waals surface area contributed by atoms with E-state index in [4.69, 9.17) is 11.6 Å². The first-order valence-electron chi connectivity index (χ1n) is 6.78. The zero-order valence-electron chi connectivity index (χ0n) is 11.7. The average molecular weight is 325 g/mol. The molecule has 0 radical (unpaired) electrons. The maximum absolute atomic E-state index is 5.89. The molecule has 0 fully saturated rings. The summed E-state index contributed by atoms with van der Waals surface area (Å²) in [5.41, 5.74) is 3.11. The van der Waals surface area contributed by atoms with Gasteiger partial charge in [-0.2, -0.15) is 0 Å². The fraction of sp³-hybridized carbons (Fsp3) is 0. The van der Waals surface area contributed by atoms with E-state index in [0.717, 1.165) is 27.0 Å². The number of rotatable bonds is 4. The Bertz CT molecular complexity index is 789. The minimum Gasteiger partial charge on any atom is -0.228 e. The molecule has 0 aliphatic rings. The molecule has 4 heteroatoms. The Hall–Kier alpha value is -2.23. The van der Waals surface area contributed by atoms with E-state index in [2.05, 4.69) is 9.98 Å². The third-order valence-corrected chi connectivity index (χ3v) is 3.99. The molecule has 108 valence electrons. The van der Waals surface area contributed by atoms with Gasteiger partial charge in [-0.1, -0.05) is 60.1 Å². The molecule has 0 saturated carbocycles. The molecule has 0 N–H and O–H groups in total. The molecule has 22 heavy (non-hydrogen) atoms. The molecule has 3 rings (SSSR count). The van der Waals surface area contributed by atoms with E-state index in [1.54, 1.807) is 6.21 Å². The van der Waals surface area contributed by atoms with E-state index in [1.165, 1.54) is 11.3 Å². The summed E-state index contributed by atoms with van der Waals surface area (Å²) in [4.78, 5) is 8.85. The van der Waals surface area contributed by atoms with Crippen LogP contribution in [0.25, 0.3) is 17.3 Å². The van der Waals surface area contributed by atoms with Crippen molar-refractivity contribution in [2.75, 3.05) is 0 Å². The Kier molecular flexibility index (Phi) is 4.78. The monoisotopic (exact) mass is 324 g/mol. The molecule has 0 aliphatic heterocycles. The van der Waals surface area contributed by atoms with Crippen LogP contribution in [0.3, 0.4) is 0 Å². The Morgan fingerprint density at radius 2 is 1.77 bits per heavy atom. The summed E-state index contributed by atoms with van der Waals surface area (Å²) in [6, 6.07) is 17.8. The summed E-state index contributed by atoms with van der Waals surface area (Å²) in [6.45, 7) is 0. The van der Waals surface area contributed by atoms with Gasteiger partial charge in [0.05, 0.1) is 5.69 Å². The number of allylic oxidation sites excluding steroid dienone is 1. The second-order valence-corrected chi connectivity index (χ2v) is 5.84. The zero-order valence-corrected chi connectivity index (χ0v) is 13.3. The molecule has 2 aromatic carbocycles. The first-order valence-corrected chi connectivity index (χ1v) is 8.04. The van der Waals surface area contributed by atoms with Crippen LogP contribution in [-0.4, -0.2) is 11.2 Å². The lowest BCUT2D eigenvalue weighted by molar-refractivity contribution is 1.36. The second kappa shape index (κ2) is 7.16. The lowest BCUT2D eigenvalue weighted by Gasteiger charge is -1.95. The highest BCUT2D eigenvalue weighted by atomic mass is 35.5. The van der Waals surface area contributed by atoms with E-state index >= 15 is 0 Å². The fourth-order valence-electron chi connectivity index (χ4n) is 1.90. The van der Waals surface area contributed by atoms with Crippen molar-refractivity contribution in [3.63, 3.8) is 0 Å². The van der Waals surface area contributed by atoms with Crippen LogP contribution in [0.2, 0.25) is 5.02 Å². The van der Waals surface area contributed by atoms with E-state index in [0.29, 0.717) is 0 Å². The Morgan fingerprint density at radius 1 is 1.00 bits per heavy atom. The third kappa shape index (κ3) is 3.91. The number of nitrogens with zero attached hydrogens (tertiary/aromatic N) is 2. The smallest absolute Gasteiger partial charge is 0.209 e. The minimum atomic E-state index is 0.725. The van der Waals surface area contributed by atoms with Gasteiger partial charge in [-0.05, 0) is 23.8 Å². The van der Waals surface area contributed by atoms with Crippen LogP contribution < -0.4 is 0 Å². The van der Waals surface area contributed by atoms with Crippen molar-refractivity contribution in [3.05, 3.63) is 76.6 Å². The molecule has 0 atom stereocenters. The molecule has 0 spiro atoms. The van der Waals surface area contributed by atoms with Crippen LogP contribution in [-0.2, 0) is 0 Å². The predicted molar refractivity (Wildman–Crippen MR) is 96.2 cm³/mol. The Morgan fingerprint density at radius 3 is 2.55 bits per heavy atom. The lowest BCUT2D eigenvalue weighted by atomic mass is 10.2. The normalized spacial score (nSPS) is 11.5. The standard InChI is InChI=1S/C18H13ClN2S/c19-16-10-8-15(9-11-16)17-13-22-18(21-17)20-12-4-7-14-5-2-1-3-6-14/h1-13H. The maximum Gasteiger partial charge on any atom is 0.209 e. The van der Waals surface area contributed by atoms with Crippen LogP contribution in [0, 0.1) is 0 Å². The van der Waals surface area contributed by atoms with Crippen molar-refractivity contribution in [1.82, 2.24) is 4.98 Å². The van der Waals surface area contributed by atoms with Gasteiger partial charge < -0.3 is 0 Å². The number of halogens is 1. The highest BCUT2D eigenvalue weighted by Gasteiger charge is 2.02. The van der Waals surface area contributed by atoms with Gasteiger partial charge >= 0.3 is 0 Å². The predicted octanol–water partition coefficient (Wildman–Crippen LogP) is 5.88. The molecule has 3 aromatic rings. The number of aliphatic imine (C=N–C) groups is 1. The Labute approximate surface area is 138 Å². The SMILES string of the molecule is Clc1ccc(-c2csc(N=CC=Cc3ccccc3)n2)cc1. The van der Waals surface area contributed by atoms with Gasteiger partial charge in [0.1, 0.15) is 0 Å². The van der Waals surface area contributed by atoms with Crippen LogP contribution in [0.4, 0.5) is 5.13 Å². The molecular formula is C18H13ClN2S. The van der Waals surface area contributed by atoms with Crippen LogP contribution in [0.15, 0.2) is 71.0 Å². The van der Waals surface area contributed by atoms with Crippen LogP contribution >= 0.6 is 22.9 Å². The van der Waals surface area contributed by atoms with Crippen molar-refractivity contribution >= 4 is 40.4 Å². The molecular weight excluding hydrogens is 312 g/mol. The average Bonchev–Trinajstić information content (AvgIpc) is 3.02. The van der Waals surface area contributed by atoms with Crippen molar-refractivity contribution in [2.45, 2.75) is 0 Å². The van der Waals surface area contributed by atoms with E-state index in [1.807, 2.05) is 72.1 Å². The topological polar surface area (TPSA) is 25.2 Å². The molecule has 0 bridgehead atoms. The third-order valence-electron chi connectivity index (χ3n) is 2.99. The minimum absolute atomic E-state index is 0.725. The van der Waals surface area contributed by atoms with Crippen LogP contribution in [0.1, 0.15) is 5.56 Å². The zero-order chi connectivity index (χ0) is 15.2. The highest BCUT2D eigenvalue weighted by molar-refractivity contribution is 7.13. The highest BCUT2D eigenvalue weighted by Crippen LogP contribution is 2.27. The number of thiazole rings is 1. The molecule has 1 heterocycles. The van der Waals surface area contributed by atoms with Crippen molar-refractivity contribution in [3.8, 4) is 11.3 Å². The summed E-state index contributed by atoms with van der Waals surface area (Å²) in [6.07, 6.45) is 5.69. The van der Waals surface area contributed by atoms with Gasteiger partial charge in [0.15, 0.2) is 0 Å². The first kappa shape index (κ1) is 14.7. The summed E-state index contributed by atoms with van der Waals surface area (Å²) in [5.74, 6) is 0. The number of benzene rings is 2. The number of hydrogen-bond donors (Lipinski definition) is 0. The summed E-state index contributed by atoms with van der Waals surface area (Å²) in [7, 11) is 0. The summed E-state index contributed by atoms with van der Waals surface area (Å²) in [5, 5.41) is 3.46. The van der Waals surface area contributed by atoms with Gasteiger partial charge in [0, 0.05) is 22.2 Å². The number of hydrogen-bond acceptors (Lipinski definition) is 3. The van der Waals surface area contributed by atoms with Gasteiger partial charge in [0.25, 0.3) is 0 Å². The first-order chi connectivity index (χ1) is 10.8. The largest absolute Gasteiger partial charge is 0.228 e. The van der Waals surface area contributed by atoms with E-state index in [-0.39, 0.29) is 0 Å².